The number of carbonyl (C=O) groups is 2. The minimum absolute atomic E-state index is 0.00480. The Morgan fingerprint density at radius 3 is 2.24 bits per heavy atom. The van der Waals surface area contributed by atoms with Gasteiger partial charge in [-0.2, -0.15) is 0 Å². The molecule has 0 unspecified atom stereocenters. The first-order valence-electron chi connectivity index (χ1n) is 15.5. The summed E-state index contributed by atoms with van der Waals surface area (Å²) in [5.74, 6) is -0.406. The minimum Gasteiger partial charge on any atom is -0.467 e. The van der Waals surface area contributed by atoms with Crippen LogP contribution in [0.25, 0.3) is 0 Å². The van der Waals surface area contributed by atoms with Crippen LogP contribution in [0.1, 0.15) is 47.1 Å². The lowest BCUT2D eigenvalue weighted by atomic mass is 9.90. The maximum absolute atomic E-state index is 12.7. The van der Waals surface area contributed by atoms with Crippen LogP contribution in [0.5, 0.6) is 0 Å². The van der Waals surface area contributed by atoms with E-state index < -0.39 is 24.3 Å². The van der Waals surface area contributed by atoms with Gasteiger partial charge in [0.2, 0.25) is 0 Å². The number of aliphatic hydroxyl groups is 1. The van der Waals surface area contributed by atoms with E-state index in [9.17, 15) is 14.7 Å². The molecule has 0 bridgehead atoms. The molecule has 2 fully saturated rings. The van der Waals surface area contributed by atoms with Crippen molar-refractivity contribution in [2.45, 2.75) is 51.0 Å². The number of esters is 1. The Labute approximate surface area is 264 Å². The van der Waals surface area contributed by atoms with Crippen LogP contribution in [0.15, 0.2) is 78.9 Å². The van der Waals surface area contributed by atoms with Gasteiger partial charge >= 0.3 is 12.0 Å². The largest absolute Gasteiger partial charge is 0.467 e. The highest BCUT2D eigenvalue weighted by Crippen LogP contribution is 2.42. The summed E-state index contributed by atoms with van der Waals surface area (Å²) in [5, 5.41) is 15.1. The first-order chi connectivity index (χ1) is 21.9. The molecular weight excluding hydrogens is 574 g/mol. The van der Waals surface area contributed by atoms with Crippen molar-refractivity contribution < 1.29 is 33.6 Å². The van der Waals surface area contributed by atoms with Crippen LogP contribution >= 0.6 is 0 Å². The Morgan fingerprint density at radius 2 is 1.58 bits per heavy atom. The molecule has 2 aliphatic rings. The molecule has 3 aromatic carbocycles. The molecule has 0 spiro atoms. The van der Waals surface area contributed by atoms with E-state index in [1.165, 1.54) is 7.11 Å². The van der Waals surface area contributed by atoms with Crippen LogP contribution in [0.2, 0.25) is 0 Å². The molecule has 5 atom stereocenters. The molecule has 2 heterocycles. The Morgan fingerprint density at radius 1 is 0.911 bits per heavy atom. The van der Waals surface area contributed by atoms with Crippen molar-refractivity contribution in [1.82, 2.24) is 15.5 Å². The fourth-order valence-electron chi connectivity index (χ4n) is 5.74. The fourth-order valence-corrected chi connectivity index (χ4v) is 5.74. The lowest BCUT2D eigenvalue weighted by Crippen LogP contribution is -2.47. The van der Waals surface area contributed by atoms with Crippen molar-refractivity contribution in [3.63, 3.8) is 0 Å². The van der Waals surface area contributed by atoms with Crippen molar-refractivity contribution in [1.29, 1.82) is 0 Å². The predicted octanol–water partition coefficient (Wildman–Crippen LogP) is 3.89. The number of benzene rings is 3. The SMILES string of the molecule is COC(=O)[C@H](Cc1ccccc1)NC(=O)NCc1ccc([C@@H]2O[C@H](CN3CCOCC3)[C@H](C)[C@H](c3ccc(CO)cc3)O2)cc1. The average Bonchev–Trinajstić information content (AvgIpc) is 3.09. The number of rotatable bonds is 11. The molecule has 0 aliphatic carbocycles. The molecule has 45 heavy (non-hydrogen) atoms. The third-order valence-corrected chi connectivity index (χ3v) is 8.44. The van der Waals surface area contributed by atoms with Crippen LogP contribution in [-0.4, -0.2) is 74.1 Å². The van der Waals surface area contributed by atoms with Crippen molar-refractivity contribution in [3.8, 4) is 0 Å². The number of methoxy groups -OCH3 is 1. The highest BCUT2D eigenvalue weighted by atomic mass is 16.7. The molecule has 0 radical (unpaired) electrons. The second-order valence-corrected chi connectivity index (χ2v) is 11.6. The van der Waals surface area contributed by atoms with Gasteiger partial charge in [0.05, 0.1) is 39.1 Å². The van der Waals surface area contributed by atoms with E-state index in [1.54, 1.807) is 0 Å². The zero-order valence-corrected chi connectivity index (χ0v) is 25.9. The number of carbonyl (C=O) groups excluding carboxylic acids is 2. The molecule has 5 rings (SSSR count). The lowest BCUT2D eigenvalue weighted by molar-refractivity contribution is -0.277. The maximum atomic E-state index is 12.7. The Bertz CT molecular complexity index is 1360. The zero-order chi connectivity index (χ0) is 31.6. The van der Waals surface area contributed by atoms with Gasteiger partial charge in [0.15, 0.2) is 6.29 Å². The number of hydrogen-bond donors (Lipinski definition) is 3. The number of aliphatic hydroxyl groups excluding tert-OH is 1. The summed E-state index contributed by atoms with van der Waals surface area (Å²) in [7, 11) is 1.31. The number of amides is 2. The topological polar surface area (TPSA) is 119 Å². The van der Waals surface area contributed by atoms with Crippen molar-refractivity contribution >= 4 is 12.0 Å². The van der Waals surface area contributed by atoms with E-state index in [-0.39, 0.29) is 31.3 Å². The van der Waals surface area contributed by atoms with Gasteiger partial charge in [-0.3, -0.25) is 4.90 Å². The van der Waals surface area contributed by atoms with E-state index in [0.29, 0.717) is 6.42 Å². The monoisotopic (exact) mass is 617 g/mol. The summed E-state index contributed by atoms with van der Waals surface area (Å²) in [6.45, 7) is 6.39. The summed E-state index contributed by atoms with van der Waals surface area (Å²) < 4.78 is 23.6. The smallest absolute Gasteiger partial charge is 0.328 e. The van der Waals surface area contributed by atoms with E-state index in [2.05, 4.69) is 22.5 Å². The predicted molar refractivity (Wildman–Crippen MR) is 168 cm³/mol. The minimum atomic E-state index is -0.805. The first kappa shape index (κ1) is 32.6. The lowest BCUT2D eigenvalue weighted by Gasteiger charge is -2.43. The maximum Gasteiger partial charge on any atom is 0.328 e. The highest BCUT2D eigenvalue weighted by molar-refractivity contribution is 5.83. The van der Waals surface area contributed by atoms with Gasteiger partial charge in [-0.25, -0.2) is 9.59 Å². The molecule has 2 aliphatic heterocycles. The van der Waals surface area contributed by atoms with Crippen molar-refractivity contribution in [2.24, 2.45) is 5.92 Å². The Kier molecular flexibility index (Phi) is 11.6. The second kappa shape index (κ2) is 16.0. The van der Waals surface area contributed by atoms with Crippen LogP contribution in [0.4, 0.5) is 4.79 Å². The molecule has 2 amide bonds. The summed E-state index contributed by atoms with van der Waals surface area (Å²) in [6, 6.07) is 23.9. The molecule has 0 saturated carbocycles. The normalized spacial score (nSPS) is 22.7. The van der Waals surface area contributed by atoms with Gasteiger partial charge < -0.3 is 34.7 Å². The fraction of sp³-hybridized carbons (Fsp3) is 0.429. The van der Waals surface area contributed by atoms with Gasteiger partial charge in [-0.05, 0) is 22.3 Å². The molecule has 2 saturated heterocycles. The number of ether oxygens (including phenoxy) is 4. The summed E-state index contributed by atoms with van der Waals surface area (Å²) in [6.07, 6.45) is -0.493. The Hall–Kier alpha value is -3.80. The molecule has 0 aromatic heterocycles. The third-order valence-electron chi connectivity index (χ3n) is 8.44. The van der Waals surface area contributed by atoms with E-state index in [4.69, 9.17) is 18.9 Å². The molecule has 10 nitrogen and oxygen atoms in total. The second-order valence-electron chi connectivity index (χ2n) is 11.6. The molecular formula is C35H43N3O7. The van der Waals surface area contributed by atoms with Crippen LogP contribution in [-0.2, 0) is 43.3 Å². The van der Waals surface area contributed by atoms with Gasteiger partial charge in [0.25, 0.3) is 0 Å². The van der Waals surface area contributed by atoms with E-state index in [0.717, 1.165) is 60.7 Å². The molecule has 3 aromatic rings. The summed E-state index contributed by atoms with van der Waals surface area (Å²) in [5.41, 5.74) is 4.59. The van der Waals surface area contributed by atoms with Gasteiger partial charge in [0.1, 0.15) is 6.04 Å². The number of morpholine rings is 1. The Balaban J connectivity index is 1.23. The molecule has 10 heteroatoms. The van der Waals surface area contributed by atoms with Crippen LogP contribution < -0.4 is 10.6 Å². The standard InChI is InChI=1S/C35H43N3O7/c1-24-31(22-38-16-18-43-19-17-38)44-34(45-32(24)28-12-10-27(23-39)11-13-28)29-14-8-26(9-15-29)21-36-35(41)37-30(33(40)42-2)20-25-6-4-3-5-7-25/h3-15,24,30-32,34,39H,16-23H2,1-2H3,(H2,36,37,41)/t24-,30-,31+,32+,34+/m0/s1. The summed E-state index contributed by atoms with van der Waals surface area (Å²) >= 11 is 0. The van der Waals surface area contributed by atoms with Gasteiger partial charge in [-0.15, -0.1) is 0 Å². The molecule has 240 valence electrons. The number of nitrogens with one attached hydrogen (secondary N) is 2. The van der Waals surface area contributed by atoms with Crippen LogP contribution in [0, 0.1) is 5.92 Å². The zero-order valence-electron chi connectivity index (χ0n) is 25.9. The average molecular weight is 618 g/mol. The van der Waals surface area contributed by atoms with E-state index >= 15 is 0 Å². The summed E-state index contributed by atoms with van der Waals surface area (Å²) in [4.78, 5) is 27.4. The first-order valence-corrected chi connectivity index (χ1v) is 15.5. The highest BCUT2D eigenvalue weighted by Gasteiger charge is 2.39. The van der Waals surface area contributed by atoms with Gasteiger partial charge in [0, 0.05) is 44.1 Å². The van der Waals surface area contributed by atoms with Crippen LogP contribution in [0.3, 0.4) is 0 Å². The number of nitrogens with zero attached hydrogens (tertiary/aromatic N) is 1. The van der Waals surface area contributed by atoms with Gasteiger partial charge in [-0.1, -0.05) is 85.8 Å². The molecule has 3 N–H and O–H groups in total. The quantitative estimate of drug-likeness (QED) is 0.278. The third kappa shape index (κ3) is 8.90. The van der Waals surface area contributed by atoms with Crippen molar-refractivity contribution in [2.75, 3.05) is 40.0 Å². The van der Waals surface area contributed by atoms with Crippen molar-refractivity contribution in [3.05, 3.63) is 107 Å². The number of hydrogen-bond acceptors (Lipinski definition) is 8. The number of urea groups is 1. The van der Waals surface area contributed by atoms with E-state index in [1.807, 2.05) is 78.9 Å².